The minimum Gasteiger partial charge on any atom is -0.506 e. The predicted molar refractivity (Wildman–Crippen MR) is 141 cm³/mol. The highest BCUT2D eigenvalue weighted by Gasteiger charge is 2.21. The average Bonchev–Trinajstić information content (AvgIpc) is 3.19. The molecule has 0 saturated carbocycles. The molecule has 0 bridgehead atoms. The van der Waals surface area contributed by atoms with Crippen LogP contribution >= 0.6 is 35.3 Å². The predicted octanol–water partition coefficient (Wildman–Crippen LogP) is 4.34. The molecular formula is C23H30IN5OS. The molecule has 0 radical (unpaired) electrons. The monoisotopic (exact) mass is 551 g/mol. The number of rotatable bonds is 6. The maximum absolute atomic E-state index is 10.1. The topological polar surface area (TPSA) is 64.0 Å². The van der Waals surface area contributed by atoms with Crippen LogP contribution in [0.15, 0.2) is 53.5 Å². The third kappa shape index (κ3) is 6.00. The van der Waals surface area contributed by atoms with Crippen LogP contribution in [0.25, 0.3) is 10.2 Å². The van der Waals surface area contributed by atoms with Crippen molar-refractivity contribution in [1.82, 2.24) is 15.2 Å². The van der Waals surface area contributed by atoms with Gasteiger partial charge in [0.25, 0.3) is 0 Å². The van der Waals surface area contributed by atoms with E-state index < -0.39 is 0 Å². The van der Waals surface area contributed by atoms with Crippen LogP contribution in [0.4, 0.5) is 5.69 Å². The van der Waals surface area contributed by atoms with Crippen molar-refractivity contribution in [1.29, 1.82) is 0 Å². The summed E-state index contributed by atoms with van der Waals surface area (Å²) in [7, 11) is 0. The molecule has 2 aromatic carbocycles. The van der Waals surface area contributed by atoms with Crippen molar-refractivity contribution < 1.29 is 5.11 Å². The summed E-state index contributed by atoms with van der Waals surface area (Å²) in [4.78, 5) is 14.1. The van der Waals surface area contributed by atoms with Gasteiger partial charge in [-0.05, 0) is 37.6 Å². The zero-order valence-electron chi connectivity index (χ0n) is 17.8. The Bertz CT molecular complexity index is 967. The van der Waals surface area contributed by atoms with Crippen LogP contribution in [-0.2, 0) is 6.42 Å². The highest BCUT2D eigenvalue weighted by atomic mass is 127. The van der Waals surface area contributed by atoms with Crippen LogP contribution in [0.1, 0.15) is 18.4 Å². The van der Waals surface area contributed by atoms with E-state index in [0.29, 0.717) is 5.75 Å². The summed E-state index contributed by atoms with van der Waals surface area (Å²) >= 11 is 1.78. The molecule has 166 valence electrons. The number of phenolic OH excluding ortho intramolecular Hbond substituents is 1. The fraction of sp³-hybridized carbons (Fsp3) is 0.391. The lowest BCUT2D eigenvalue weighted by atomic mass is 10.2. The summed E-state index contributed by atoms with van der Waals surface area (Å²) in [6.07, 6.45) is 1.95. The molecule has 1 saturated heterocycles. The number of aryl methyl sites for hydroxylation is 1. The average molecular weight is 551 g/mol. The lowest BCUT2D eigenvalue weighted by molar-refractivity contribution is 0.370. The van der Waals surface area contributed by atoms with Gasteiger partial charge in [0.15, 0.2) is 5.96 Å². The largest absolute Gasteiger partial charge is 0.506 e. The minimum absolute atomic E-state index is 0. The van der Waals surface area contributed by atoms with Crippen LogP contribution in [0.2, 0.25) is 0 Å². The number of aromatic nitrogens is 1. The number of halogens is 1. The first-order valence-corrected chi connectivity index (χ1v) is 11.5. The Morgan fingerprint density at radius 3 is 2.58 bits per heavy atom. The van der Waals surface area contributed by atoms with Crippen molar-refractivity contribution in [2.24, 2.45) is 4.99 Å². The SMILES string of the molecule is CCNC(=NCCCc1nc2ccccc2s1)N1CCN(c2ccccc2O)CC1.I. The number of aromatic hydroxyl groups is 1. The molecule has 1 fully saturated rings. The molecule has 6 nitrogen and oxygen atoms in total. The number of hydrogen-bond donors (Lipinski definition) is 2. The summed E-state index contributed by atoms with van der Waals surface area (Å²) in [5.41, 5.74) is 2.01. The van der Waals surface area contributed by atoms with Gasteiger partial charge in [-0.25, -0.2) is 4.98 Å². The molecule has 1 aliphatic heterocycles. The van der Waals surface area contributed by atoms with Gasteiger partial charge >= 0.3 is 0 Å². The van der Waals surface area contributed by atoms with Gasteiger partial charge in [0.1, 0.15) is 5.75 Å². The summed E-state index contributed by atoms with van der Waals surface area (Å²) in [6, 6.07) is 15.9. The van der Waals surface area contributed by atoms with Gasteiger partial charge in [-0.15, -0.1) is 35.3 Å². The maximum Gasteiger partial charge on any atom is 0.194 e. The molecule has 0 atom stereocenters. The van der Waals surface area contributed by atoms with E-state index >= 15 is 0 Å². The number of benzene rings is 2. The molecule has 2 heterocycles. The highest BCUT2D eigenvalue weighted by molar-refractivity contribution is 14.0. The zero-order chi connectivity index (χ0) is 20.8. The van der Waals surface area contributed by atoms with Crippen LogP contribution in [0, 0.1) is 0 Å². The Morgan fingerprint density at radius 2 is 1.84 bits per heavy atom. The molecule has 8 heteroatoms. The number of hydrogen-bond acceptors (Lipinski definition) is 5. The Hall–Kier alpha value is -2.07. The van der Waals surface area contributed by atoms with E-state index in [-0.39, 0.29) is 24.0 Å². The number of piperazine rings is 1. The first-order valence-electron chi connectivity index (χ1n) is 10.6. The normalized spacial score (nSPS) is 14.5. The summed E-state index contributed by atoms with van der Waals surface area (Å²) in [5, 5.41) is 14.7. The zero-order valence-corrected chi connectivity index (χ0v) is 21.0. The van der Waals surface area contributed by atoms with Crippen molar-refractivity contribution in [2.75, 3.05) is 44.2 Å². The summed E-state index contributed by atoms with van der Waals surface area (Å²) in [6.45, 7) is 7.26. The molecule has 3 aromatic rings. The van der Waals surface area contributed by atoms with Crippen LogP contribution < -0.4 is 10.2 Å². The van der Waals surface area contributed by atoms with Crippen LogP contribution in [0.5, 0.6) is 5.75 Å². The number of aliphatic imine (C=N–C) groups is 1. The van der Waals surface area contributed by atoms with E-state index in [1.165, 1.54) is 9.71 Å². The van der Waals surface area contributed by atoms with Gasteiger partial charge in [0.05, 0.1) is 20.9 Å². The molecule has 2 N–H and O–H groups in total. The van der Waals surface area contributed by atoms with E-state index in [4.69, 9.17) is 9.98 Å². The molecule has 0 unspecified atom stereocenters. The number of phenols is 1. The molecule has 0 aliphatic carbocycles. The molecule has 31 heavy (non-hydrogen) atoms. The van der Waals surface area contributed by atoms with Crippen molar-refractivity contribution in [3.8, 4) is 5.75 Å². The number of anilines is 1. The summed E-state index contributed by atoms with van der Waals surface area (Å²) in [5.74, 6) is 1.33. The van der Waals surface area contributed by atoms with Crippen molar-refractivity contribution in [3.63, 3.8) is 0 Å². The Morgan fingerprint density at radius 1 is 1.10 bits per heavy atom. The summed E-state index contributed by atoms with van der Waals surface area (Å²) < 4.78 is 1.26. The second-order valence-electron chi connectivity index (χ2n) is 7.38. The minimum atomic E-state index is 0. The van der Waals surface area contributed by atoms with Gasteiger partial charge in [-0.1, -0.05) is 24.3 Å². The van der Waals surface area contributed by atoms with Gasteiger partial charge in [-0.2, -0.15) is 0 Å². The Kier molecular flexibility index (Phi) is 8.77. The lowest BCUT2D eigenvalue weighted by Gasteiger charge is -2.37. The van der Waals surface area contributed by atoms with E-state index in [1.54, 1.807) is 17.4 Å². The number of thiazole rings is 1. The van der Waals surface area contributed by atoms with Crippen molar-refractivity contribution >= 4 is 57.2 Å². The van der Waals surface area contributed by atoms with E-state index in [2.05, 4.69) is 40.2 Å². The van der Waals surface area contributed by atoms with E-state index in [1.807, 2.05) is 24.3 Å². The van der Waals surface area contributed by atoms with E-state index in [0.717, 1.165) is 69.3 Å². The fourth-order valence-electron chi connectivity index (χ4n) is 3.76. The quantitative estimate of drug-likeness (QED) is 0.207. The number of para-hydroxylation sites is 3. The molecule has 0 spiro atoms. The first-order chi connectivity index (χ1) is 14.7. The van der Waals surface area contributed by atoms with Gasteiger partial charge in [0.2, 0.25) is 0 Å². The molecule has 4 rings (SSSR count). The first kappa shape index (κ1) is 23.6. The third-order valence-electron chi connectivity index (χ3n) is 5.29. The van der Waals surface area contributed by atoms with Gasteiger partial charge < -0.3 is 20.2 Å². The Balaban J connectivity index is 0.00000272. The lowest BCUT2D eigenvalue weighted by Crippen LogP contribution is -2.52. The molecule has 1 aliphatic rings. The van der Waals surface area contributed by atoms with Gasteiger partial charge in [0, 0.05) is 45.7 Å². The number of nitrogens with zero attached hydrogens (tertiary/aromatic N) is 4. The fourth-order valence-corrected chi connectivity index (χ4v) is 4.77. The highest BCUT2D eigenvalue weighted by Crippen LogP contribution is 2.27. The molecule has 1 aromatic heterocycles. The third-order valence-corrected chi connectivity index (χ3v) is 6.38. The second kappa shape index (κ2) is 11.5. The van der Waals surface area contributed by atoms with Crippen LogP contribution in [0.3, 0.4) is 0 Å². The molecular weight excluding hydrogens is 521 g/mol. The second-order valence-corrected chi connectivity index (χ2v) is 8.49. The van der Waals surface area contributed by atoms with E-state index in [9.17, 15) is 5.11 Å². The standard InChI is InChI=1S/C23H29N5OS.HI/c1-2-24-23(25-13-7-12-22-26-18-8-3-6-11-21(18)30-22)28-16-14-27(15-17-28)19-9-4-5-10-20(19)29;/h3-6,8-11,29H,2,7,12-17H2,1H3,(H,24,25);1H. The van der Waals surface area contributed by atoms with Gasteiger partial charge in [-0.3, -0.25) is 4.99 Å². The number of nitrogens with one attached hydrogen (secondary N) is 1. The molecule has 0 amide bonds. The Labute approximate surface area is 205 Å². The number of fused-ring (bicyclic) bond motifs is 1. The maximum atomic E-state index is 10.1. The number of guanidine groups is 1. The van der Waals surface area contributed by atoms with Crippen molar-refractivity contribution in [3.05, 3.63) is 53.5 Å². The van der Waals surface area contributed by atoms with Crippen LogP contribution in [-0.4, -0.2) is 60.2 Å². The smallest absolute Gasteiger partial charge is 0.194 e. The van der Waals surface area contributed by atoms with Crippen molar-refractivity contribution in [2.45, 2.75) is 19.8 Å².